The molecule has 1 aromatic heterocycles. The van der Waals surface area contributed by atoms with Crippen LogP contribution in [0.2, 0.25) is 0 Å². The SMILES string of the molecule is CC(C)(C)Oc1ccc(/C=N/NC(=O)c2ccc3nc(-c4ccccc4O)[nH]c3c2)cc1. The van der Waals surface area contributed by atoms with Crippen LogP contribution in [-0.4, -0.2) is 32.8 Å². The maximum Gasteiger partial charge on any atom is 0.271 e. The number of phenolic OH excluding ortho intramolecular Hbond substituents is 1. The lowest BCUT2D eigenvalue weighted by molar-refractivity contribution is 0.0955. The molecular formula is C25H24N4O3. The first kappa shape index (κ1) is 21.1. The van der Waals surface area contributed by atoms with Gasteiger partial charge in [0.15, 0.2) is 0 Å². The van der Waals surface area contributed by atoms with E-state index in [1.165, 1.54) is 0 Å². The summed E-state index contributed by atoms with van der Waals surface area (Å²) < 4.78 is 5.79. The van der Waals surface area contributed by atoms with Gasteiger partial charge in [-0.25, -0.2) is 10.4 Å². The summed E-state index contributed by atoms with van der Waals surface area (Å²) in [6.07, 6.45) is 1.57. The van der Waals surface area contributed by atoms with E-state index in [0.29, 0.717) is 28.0 Å². The molecule has 0 spiro atoms. The largest absolute Gasteiger partial charge is 0.507 e. The van der Waals surface area contributed by atoms with Crippen LogP contribution in [0.3, 0.4) is 0 Å². The van der Waals surface area contributed by atoms with Gasteiger partial charge in [0, 0.05) is 5.56 Å². The van der Waals surface area contributed by atoms with Gasteiger partial charge in [-0.3, -0.25) is 4.79 Å². The van der Waals surface area contributed by atoms with E-state index in [1.54, 1.807) is 42.6 Å². The average Bonchev–Trinajstić information content (AvgIpc) is 3.17. The highest BCUT2D eigenvalue weighted by atomic mass is 16.5. The Kier molecular flexibility index (Phi) is 5.64. The van der Waals surface area contributed by atoms with E-state index in [4.69, 9.17) is 4.74 Å². The molecule has 0 aliphatic heterocycles. The molecular weight excluding hydrogens is 404 g/mol. The normalized spacial score (nSPS) is 11.7. The number of imidazole rings is 1. The number of nitrogens with zero attached hydrogens (tertiary/aromatic N) is 2. The number of aromatic hydroxyl groups is 1. The highest BCUT2D eigenvalue weighted by molar-refractivity contribution is 5.98. The van der Waals surface area contributed by atoms with E-state index in [-0.39, 0.29) is 17.3 Å². The number of aromatic amines is 1. The third-order valence-corrected chi connectivity index (χ3v) is 4.59. The van der Waals surface area contributed by atoms with Crippen LogP contribution in [0.4, 0.5) is 0 Å². The number of phenols is 1. The van der Waals surface area contributed by atoms with Gasteiger partial charge in [0.1, 0.15) is 22.9 Å². The molecule has 4 aromatic rings. The molecule has 7 heteroatoms. The van der Waals surface area contributed by atoms with Crippen LogP contribution in [0, 0.1) is 0 Å². The number of aromatic nitrogens is 2. The van der Waals surface area contributed by atoms with Crippen molar-refractivity contribution < 1.29 is 14.6 Å². The zero-order valence-corrected chi connectivity index (χ0v) is 18.1. The molecule has 1 amide bonds. The molecule has 162 valence electrons. The number of amides is 1. The standard InChI is InChI=1S/C25H24N4O3/c1-25(2,3)32-18-11-8-16(9-12-18)15-26-29-24(31)17-10-13-20-21(14-17)28-23(27-20)19-6-4-5-7-22(19)30/h4-15,30H,1-3H3,(H,27,28)(H,29,31)/b26-15+. The van der Waals surface area contributed by atoms with Crippen molar-refractivity contribution in [3.8, 4) is 22.9 Å². The Balaban J connectivity index is 1.44. The fourth-order valence-electron chi connectivity index (χ4n) is 3.16. The molecule has 0 fully saturated rings. The molecule has 0 atom stereocenters. The lowest BCUT2D eigenvalue weighted by atomic mass is 10.2. The molecule has 0 aliphatic carbocycles. The average molecular weight is 428 g/mol. The van der Waals surface area contributed by atoms with Crippen LogP contribution < -0.4 is 10.2 Å². The minimum absolute atomic E-state index is 0.136. The van der Waals surface area contributed by atoms with Gasteiger partial charge in [0.05, 0.1) is 22.8 Å². The summed E-state index contributed by atoms with van der Waals surface area (Å²) in [5, 5.41) is 14.1. The van der Waals surface area contributed by atoms with E-state index >= 15 is 0 Å². The minimum atomic E-state index is -0.338. The molecule has 4 rings (SSSR count). The Labute approximate surface area is 185 Å². The molecule has 3 aromatic carbocycles. The third kappa shape index (κ3) is 4.95. The molecule has 32 heavy (non-hydrogen) atoms. The summed E-state index contributed by atoms with van der Waals surface area (Å²) in [6, 6.07) is 19.6. The van der Waals surface area contributed by atoms with Crippen molar-refractivity contribution in [2.45, 2.75) is 26.4 Å². The van der Waals surface area contributed by atoms with Crippen LogP contribution in [0.5, 0.6) is 11.5 Å². The Morgan fingerprint density at radius 2 is 1.84 bits per heavy atom. The molecule has 0 unspecified atom stereocenters. The maximum absolute atomic E-state index is 12.5. The summed E-state index contributed by atoms with van der Waals surface area (Å²) >= 11 is 0. The van der Waals surface area contributed by atoms with Gasteiger partial charge in [0.25, 0.3) is 5.91 Å². The summed E-state index contributed by atoms with van der Waals surface area (Å²) in [5.74, 6) is 1.11. The zero-order chi connectivity index (χ0) is 22.7. The van der Waals surface area contributed by atoms with E-state index in [1.807, 2.05) is 51.1 Å². The number of benzene rings is 3. The molecule has 0 saturated heterocycles. The van der Waals surface area contributed by atoms with Crippen LogP contribution in [-0.2, 0) is 0 Å². The number of nitrogens with one attached hydrogen (secondary N) is 2. The van der Waals surface area contributed by atoms with E-state index < -0.39 is 0 Å². The highest BCUT2D eigenvalue weighted by Crippen LogP contribution is 2.28. The second kappa shape index (κ2) is 8.55. The number of carbonyl (C=O) groups is 1. The van der Waals surface area contributed by atoms with Crippen molar-refractivity contribution in [3.05, 3.63) is 77.9 Å². The fourth-order valence-corrected chi connectivity index (χ4v) is 3.16. The second-order valence-electron chi connectivity index (χ2n) is 8.32. The van der Waals surface area contributed by atoms with Crippen LogP contribution in [0.25, 0.3) is 22.4 Å². The first-order valence-electron chi connectivity index (χ1n) is 10.2. The molecule has 0 aliphatic rings. The Morgan fingerprint density at radius 1 is 1.09 bits per heavy atom. The molecule has 0 radical (unpaired) electrons. The number of fused-ring (bicyclic) bond motifs is 1. The fraction of sp³-hybridized carbons (Fsp3) is 0.160. The first-order chi connectivity index (χ1) is 15.3. The lowest BCUT2D eigenvalue weighted by Gasteiger charge is -2.21. The maximum atomic E-state index is 12.5. The summed E-state index contributed by atoms with van der Waals surface area (Å²) in [5.41, 5.74) is 5.53. The number of hydrogen-bond donors (Lipinski definition) is 3. The number of rotatable bonds is 5. The molecule has 3 N–H and O–H groups in total. The third-order valence-electron chi connectivity index (χ3n) is 4.59. The van der Waals surface area contributed by atoms with Crippen LogP contribution >= 0.6 is 0 Å². The highest BCUT2D eigenvalue weighted by Gasteiger charge is 2.12. The Morgan fingerprint density at radius 3 is 2.56 bits per heavy atom. The van der Waals surface area contributed by atoms with Crippen molar-refractivity contribution in [2.75, 3.05) is 0 Å². The number of carbonyl (C=O) groups excluding carboxylic acids is 1. The number of ether oxygens (including phenoxy) is 1. The van der Waals surface area contributed by atoms with Gasteiger partial charge in [-0.05, 0) is 80.9 Å². The Hall–Kier alpha value is -4.13. The van der Waals surface area contributed by atoms with Gasteiger partial charge in [0.2, 0.25) is 0 Å². The second-order valence-corrected chi connectivity index (χ2v) is 8.32. The van der Waals surface area contributed by atoms with Gasteiger partial charge in [-0.1, -0.05) is 12.1 Å². The number of hydrazone groups is 1. The van der Waals surface area contributed by atoms with Gasteiger partial charge < -0.3 is 14.8 Å². The topological polar surface area (TPSA) is 99.6 Å². The van der Waals surface area contributed by atoms with Gasteiger partial charge >= 0.3 is 0 Å². The van der Waals surface area contributed by atoms with E-state index in [9.17, 15) is 9.90 Å². The van der Waals surface area contributed by atoms with Crippen molar-refractivity contribution in [1.29, 1.82) is 0 Å². The number of H-pyrrole nitrogens is 1. The summed E-state index contributed by atoms with van der Waals surface area (Å²) in [6.45, 7) is 5.97. The predicted molar refractivity (Wildman–Crippen MR) is 125 cm³/mol. The first-order valence-corrected chi connectivity index (χ1v) is 10.2. The summed E-state index contributed by atoms with van der Waals surface area (Å²) in [7, 11) is 0. The lowest BCUT2D eigenvalue weighted by Crippen LogP contribution is -2.22. The molecule has 0 saturated carbocycles. The van der Waals surface area contributed by atoms with Crippen molar-refractivity contribution in [3.63, 3.8) is 0 Å². The van der Waals surface area contributed by atoms with Crippen molar-refractivity contribution in [2.24, 2.45) is 5.10 Å². The zero-order valence-electron chi connectivity index (χ0n) is 18.1. The van der Waals surface area contributed by atoms with Crippen LogP contribution in [0.1, 0.15) is 36.7 Å². The minimum Gasteiger partial charge on any atom is -0.507 e. The number of para-hydroxylation sites is 1. The van der Waals surface area contributed by atoms with E-state index in [0.717, 1.165) is 11.3 Å². The number of hydrogen-bond acceptors (Lipinski definition) is 5. The molecule has 0 bridgehead atoms. The van der Waals surface area contributed by atoms with Crippen molar-refractivity contribution >= 4 is 23.2 Å². The Bertz CT molecular complexity index is 1280. The molecule has 1 heterocycles. The van der Waals surface area contributed by atoms with E-state index in [2.05, 4.69) is 20.5 Å². The predicted octanol–water partition coefficient (Wildman–Crippen LogP) is 4.88. The van der Waals surface area contributed by atoms with Crippen molar-refractivity contribution in [1.82, 2.24) is 15.4 Å². The smallest absolute Gasteiger partial charge is 0.271 e. The summed E-state index contributed by atoms with van der Waals surface area (Å²) in [4.78, 5) is 20.1. The monoisotopic (exact) mass is 428 g/mol. The molecule has 7 nitrogen and oxygen atoms in total. The quantitative estimate of drug-likeness (QED) is 0.312. The van der Waals surface area contributed by atoms with Gasteiger partial charge in [-0.2, -0.15) is 5.10 Å². The van der Waals surface area contributed by atoms with Gasteiger partial charge in [-0.15, -0.1) is 0 Å². The van der Waals surface area contributed by atoms with Crippen LogP contribution in [0.15, 0.2) is 71.8 Å².